The molecule has 3 N–H and O–H groups in total. The van der Waals surface area contributed by atoms with E-state index in [1.54, 1.807) is 6.07 Å². The highest BCUT2D eigenvalue weighted by Gasteiger charge is 2.30. The predicted octanol–water partition coefficient (Wildman–Crippen LogP) is 3.94. The number of hydrogen-bond acceptors (Lipinski definition) is 4. The number of benzene rings is 1. The van der Waals surface area contributed by atoms with Crippen molar-refractivity contribution in [1.82, 2.24) is 4.98 Å². The molecule has 0 spiro atoms. The summed E-state index contributed by atoms with van der Waals surface area (Å²) in [5.74, 6) is -0.0513. The van der Waals surface area contributed by atoms with Crippen LogP contribution < -0.4 is 11.1 Å². The van der Waals surface area contributed by atoms with Gasteiger partial charge in [-0.15, -0.1) is 0 Å². The van der Waals surface area contributed by atoms with Crippen molar-refractivity contribution in [2.45, 2.75) is 44.1 Å². The molecule has 0 atom stereocenters. The molecule has 1 saturated carbocycles. The maximum atomic E-state index is 12.2. The van der Waals surface area contributed by atoms with Crippen LogP contribution in [0.4, 0.5) is 5.13 Å². The molecule has 0 radical (unpaired) electrons. The van der Waals surface area contributed by atoms with Gasteiger partial charge in [0.25, 0.3) is 0 Å². The van der Waals surface area contributed by atoms with Crippen LogP contribution in [0, 0.1) is 0 Å². The van der Waals surface area contributed by atoms with Crippen molar-refractivity contribution in [1.29, 1.82) is 0 Å². The van der Waals surface area contributed by atoms with Crippen LogP contribution in [-0.4, -0.2) is 16.4 Å². The number of fused-ring (bicyclic) bond motifs is 1. The van der Waals surface area contributed by atoms with E-state index in [1.165, 1.54) is 17.8 Å². The van der Waals surface area contributed by atoms with Gasteiger partial charge in [-0.05, 0) is 31.0 Å². The van der Waals surface area contributed by atoms with Gasteiger partial charge >= 0.3 is 0 Å². The topological polar surface area (TPSA) is 68.0 Å². The van der Waals surface area contributed by atoms with Gasteiger partial charge in [-0.3, -0.25) is 4.79 Å². The quantitative estimate of drug-likeness (QED) is 0.899. The lowest BCUT2D eigenvalue weighted by Crippen LogP contribution is -2.44. The summed E-state index contributed by atoms with van der Waals surface area (Å²) in [6.07, 6.45) is 5.67. The van der Waals surface area contributed by atoms with E-state index in [-0.39, 0.29) is 11.4 Å². The van der Waals surface area contributed by atoms with Gasteiger partial charge in [0, 0.05) is 17.0 Å². The molecule has 0 saturated heterocycles. The van der Waals surface area contributed by atoms with E-state index >= 15 is 0 Å². The molecule has 0 unspecified atom stereocenters. The number of halogens is 1. The largest absolute Gasteiger partial charge is 0.325 e. The fourth-order valence-electron chi connectivity index (χ4n) is 2.87. The van der Waals surface area contributed by atoms with Crippen LogP contribution in [0.3, 0.4) is 0 Å². The molecule has 2 aromatic rings. The predicted molar refractivity (Wildman–Crippen MR) is 87.9 cm³/mol. The Bertz CT molecular complexity index is 664. The van der Waals surface area contributed by atoms with E-state index in [1.807, 2.05) is 12.1 Å². The molecule has 21 heavy (non-hydrogen) atoms. The molecule has 1 aromatic carbocycles. The second-order valence-corrected chi connectivity index (χ2v) is 7.25. The average molecular weight is 324 g/mol. The zero-order chi connectivity index (χ0) is 14.9. The number of anilines is 1. The highest BCUT2D eigenvalue weighted by atomic mass is 35.5. The van der Waals surface area contributed by atoms with Crippen molar-refractivity contribution in [3.63, 3.8) is 0 Å². The first-order valence-electron chi connectivity index (χ1n) is 7.19. The number of carbonyl (C=O) groups excluding carboxylic acids is 1. The Morgan fingerprint density at radius 2 is 2.14 bits per heavy atom. The fraction of sp³-hybridized carbons (Fsp3) is 0.467. The van der Waals surface area contributed by atoms with Gasteiger partial charge in [-0.1, -0.05) is 42.2 Å². The summed E-state index contributed by atoms with van der Waals surface area (Å²) in [7, 11) is 0. The van der Waals surface area contributed by atoms with Crippen molar-refractivity contribution in [3.05, 3.63) is 23.2 Å². The van der Waals surface area contributed by atoms with Gasteiger partial charge < -0.3 is 11.1 Å². The number of nitrogens with one attached hydrogen (secondary N) is 1. The Morgan fingerprint density at radius 1 is 1.38 bits per heavy atom. The molecule has 3 rings (SSSR count). The Hall–Kier alpha value is -1.17. The van der Waals surface area contributed by atoms with E-state index in [9.17, 15) is 4.79 Å². The normalized spacial score (nSPS) is 17.8. The van der Waals surface area contributed by atoms with Gasteiger partial charge in [-0.2, -0.15) is 0 Å². The zero-order valence-electron chi connectivity index (χ0n) is 11.7. The van der Waals surface area contributed by atoms with Gasteiger partial charge in [0.15, 0.2) is 5.13 Å². The molecule has 1 aliphatic carbocycles. The average Bonchev–Trinajstić information content (AvgIpc) is 2.79. The summed E-state index contributed by atoms with van der Waals surface area (Å²) in [4.78, 5) is 16.6. The van der Waals surface area contributed by atoms with Gasteiger partial charge in [-0.25, -0.2) is 4.98 Å². The minimum Gasteiger partial charge on any atom is -0.325 e. The van der Waals surface area contributed by atoms with E-state index < -0.39 is 0 Å². The van der Waals surface area contributed by atoms with E-state index in [2.05, 4.69) is 10.3 Å². The maximum absolute atomic E-state index is 12.2. The molecule has 1 amide bonds. The molecule has 1 aromatic heterocycles. The smallest absolute Gasteiger partial charge is 0.228 e. The highest BCUT2D eigenvalue weighted by Crippen LogP contribution is 2.31. The molecule has 112 valence electrons. The SMILES string of the molecule is NC1(CC(=O)Nc2nc3ccc(Cl)cc3s2)CCCCC1. The highest BCUT2D eigenvalue weighted by molar-refractivity contribution is 7.22. The van der Waals surface area contributed by atoms with E-state index in [0.29, 0.717) is 16.6 Å². The van der Waals surface area contributed by atoms with Crippen molar-refractivity contribution in [3.8, 4) is 0 Å². The number of rotatable bonds is 3. The van der Waals surface area contributed by atoms with Crippen LogP contribution >= 0.6 is 22.9 Å². The monoisotopic (exact) mass is 323 g/mol. The summed E-state index contributed by atoms with van der Waals surface area (Å²) in [5, 5.41) is 4.15. The molecule has 1 fully saturated rings. The van der Waals surface area contributed by atoms with Gasteiger partial charge in [0.1, 0.15) is 0 Å². The summed E-state index contributed by atoms with van der Waals surface area (Å²) < 4.78 is 0.970. The van der Waals surface area contributed by atoms with E-state index in [4.69, 9.17) is 17.3 Å². The first-order valence-corrected chi connectivity index (χ1v) is 8.38. The third-order valence-corrected chi connectivity index (χ3v) is 5.13. The number of hydrogen-bond donors (Lipinski definition) is 2. The van der Waals surface area contributed by atoms with Crippen LogP contribution in [0.25, 0.3) is 10.2 Å². The minimum absolute atomic E-state index is 0.0513. The molecular formula is C15H18ClN3OS. The minimum atomic E-state index is -0.345. The summed E-state index contributed by atoms with van der Waals surface area (Å²) >= 11 is 7.39. The second-order valence-electron chi connectivity index (χ2n) is 5.78. The summed E-state index contributed by atoms with van der Waals surface area (Å²) in [5.41, 5.74) is 6.82. The lowest BCUT2D eigenvalue weighted by Gasteiger charge is -2.32. The lowest BCUT2D eigenvalue weighted by atomic mass is 9.80. The standard InChI is InChI=1S/C15H18ClN3OS/c16-10-4-5-11-12(8-10)21-14(18-11)19-13(20)9-15(17)6-2-1-3-7-15/h4-5,8H,1-3,6-7,9,17H2,(H,18,19,20). The number of carbonyl (C=O) groups is 1. The summed E-state index contributed by atoms with van der Waals surface area (Å²) in [6, 6.07) is 5.51. The second kappa shape index (κ2) is 5.91. The van der Waals surface area contributed by atoms with Crippen molar-refractivity contribution in [2.24, 2.45) is 5.73 Å². The maximum Gasteiger partial charge on any atom is 0.228 e. The Labute approximate surface area is 132 Å². The van der Waals surface area contributed by atoms with Crippen molar-refractivity contribution < 1.29 is 4.79 Å². The first kappa shape index (κ1) is 14.8. The molecule has 1 aliphatic rings. The van der Waals surface area contributed by atoms with Gasteiger partial charge in [0.05, 0.1) is 10.2 Å². The van der Waals surface area contributed by atoms with Crippen LogP contribution in [0.15, 0.2) is 18.2 Å². The third-order valence-electron chi connectivity index (χ3n) is 3.96. The summed E-state index contributed by atoms with van der Waals surface area (Å²) in [6.45, 7) is 0. The Kier molecular flexibility index (Phi) is 4.15. The third kappa shape index (κ3) is 3.54. The Morgan fingerprint density at radius 3 is 2.90 bits per heavy atom. The molecule has 4 nitrogen and oxygen atoms in total. The van der Waals surface area contributed by atoms with Crippen LogP contribution in [0.2, 0.25) is 5.02 Å². The molecule has 6 heteroatoms. The molecule has 1 heterocycles. The first-order chi connectivity index (χ1) is 10.0. The molecule has 0 bridgehead atoms. The van der Waals surface area contributed by atoms with Crippen LogP contribution in [0.1, 0.15) is 38.5 Å². The number of aromatic nitrogens is 1. The zero-order valence-corrected chi connectivity index (χ0v) is 13.3. The van der Waals surface area contributed by atoms with Crippen LogP contribution in [-0.2, 0) is 4.79 Å². The van der Waals surface area contributed by atoms with Crippen molar-refractivity contribution in [2.75, 3.05) is 5.32 Å². The number of nitrogens with zero attached hydrogens (tertiary/aromatic N) is 1. The van der Waals surface area contributed by atoms with E-state index in [0.717, 1.165) is 35.9 Å². The molecule has 0 aliphatic heterocycles. The lowest BCUT2D eigenvalue weighted by molar-refractivity contribution is -0.117. The number of thiazole rings is 1. The number of amides is 1. The Balaban J connectivity index is 1.68. The van der Waals surface area contributed by atoms with Crippen molar-refractivity contribution >= 4 is 44.2 Å². The van der Waals surface area contributed by atoms with Gasteiger partial charge in [0.2, 0.25) is 5.91 Å². The van der Waals surface area contributed by atoms with Crippen LogP contribution in [0.5, 0.6) is 0 Å². The fourth-order valence-corrected chi connectivity index (χ4v) is 4.03. The molecular weight excluding hydrogens is 306 g/mol. The number of nitrogens with two attached hydrogens (primary N) is 1.